The van der Waals surface area contributed by atoms with Crippen molar-refractivity contribution in [3.63, 3.8) is 0 Å². The van der Waals surface area contributed by atoms with E-state index in [2.05, 4.69) is 46.1 Å². The molecule has 1 aromatic heterocycles. The van der Waals surface area contributed by atoms with Crippen LogP contribution in [0.15, 0.2) is 52.7 Å². The van der Waals surface area contributed by atoms with Crippen LogP contribution in [0.25, 0.3) is 10.2 Å². The van der Waals surface area contributed by atoms with Crippen LogP contribution in [0.1, 0.15) is 39.5 Å². The molecule has 0 saturated carbocycles. The largest absolute Gasteiger partial charge is 0.497 e. The first-order valence-corrected chi connectivity index (χ1v) is 10.8. The van der Waals surface area contributed by atoms with E-state index in [4.69, 9.17) is 4.74 Å². The van der Waals surface area contributed by atoms with Crippen LogP contribution in [0.5, 0.6) is 5.75 Å². The zero-order valence-corrected chi connectivity index (χ0v) is 17.7. The van der Waals surface area contributed by atoms with Gasteiger partial charge < -0.3 is 9.64 Å². The first kappa shape index (κ1) is 20.3. The van der Waals surface area contributed by atoms with Gasteiger partial charge >= 0.3 is 0 Å². The Morgan fingerprint density at radius 3 is 2.32 bits per heavy atom. The molecule has 0 unspecified atom stereocenters. The maximum absolute atomic E-state index is 5.26. The monoisotopic (exact) mass is 396 g/mol. The number of benzene rings is 2. The SMILES string of the molecule is CCCCN(CCCC)c1ccc(N=Nc2nc3ccc(OC)cc3s2)cc1. The van der Waals surface area contributed by atoms with E-state index >= 15 is 0 Å². The minimum atomic E-state index is 0.653. The number of thiazole rings is 1. The summed E-state index contributed by atoms with van der Waals surface area (Å²) in [4.78, 5) is 6.98. The van der Waals surface area contributed by atoms with E-state index in [1.54, 1.807) is 7.11 Å². The second-order valence-corrected chi connectivity index (χ2v) is 7.75. The van der Waals surface area contributed by atoms with Crippen LogP contribution in [-0.4, -0.2) is 25.2 Å². The van der Waals surface area contributed by atoms with Gasteiger partial charge in [-0.1, -0.05) is 38.0 Å². The number of ether oxygens (including phenoxy) is 1. The summed E-state index contributed by atoms with van der Waals surface area (Å²) in [5.41, 5.74) is 3.01. The maximum atomic E-state index is 5.26. The van der Waals surface area contributed by atoms with Gasteiger partial charge in [0.25, 0.3) is 0 Å². The van der Waals surface area contributed by atoms with Gasteiger partial charge in [0, 0.05) is 18.8 Å². The highest BCUT2D eigenvalue weighted by Crippen LogP contribution is 2.32. The molecule has 0 saturated heterocycles. The first-order chi connectivity index (χ1) is 13.7. The average molecular weight is 397 g/mol. The lowest BCUT2D eigenvalue weighted by molar-refractivity contribution is 0.415. The third-order valence-electron chi connectivity index (χ3n) is 4.61. The van der Waals surface area contributed by atoms with Crippen LogP contribution in [-0.2, 0) is 0 Å². The smallest absolute Gasteiger partial charge is 0.231 e. The summed E-state index contributed by atoms with van der Waals surface area (Å²) >= 11 is 1.51. The van der Waals surface area contributed by atoms with E-state index in [1.807, 2.05) is 30.3 Å². The quantitative estimate of drug-likeness (QED) is 0.343. The highest BCUT2D eigenvalue weighted by molar-refractivity contribution is 7.21. The third kappa shape index (κ3) is 5.29. The van der Waals surface area contributed by atoms with Gasteiger partial charge in [0.2, 0.25) is 5.13 Å². The van der Waals surface area contributed by atoms with E-state index in [9.17, 15) is 0 Å². The Morgan fingerprint density at radius 1 is 0.964 bits per heavy atom. The number of nitrogens with zero attached hydrogens (tertiary/aromatic N) is 4. The van der Waals surface area contributed by atoms with Crippen molar-refractivity contribution in [1.29, 1.82) is 0 Å². The van der Waals surface area contributed by atoms with Gasteiger partial charge in [-0.15, -0.1) is 10.2 Å². The Hall–Kier alpha value is -2.47. The zero-order chi connectivity index (χ0) is 19.8. The van der Waals surface area contributed by atoms with Crippen molar-refractivity contribution in [1.82, 2.24) is 4.98 Å². The summed E-state index contributed by atoms with van der Waals surface area (Å²) in [6.07, 6.45) is 4.85. The lowest BCUT2D eigenvalue weighted by Crippen LogP contribution is -2.25. The van der Waals surface area contributed by atoms with Gasteiger partial charge in [-0.25, -0.2) is 4.98 Å². The standard InChI is InChI=1S/C22H28N4OS/c1-4-6-14-26(15-7-5-2)18-10-8-17(9-11-18)24-25-22-23-20-13-12-19(27-3)16-21(20)28-22/h8-13,16H,4-7,14-15H2,1-3H3. The van der Waals surface area contributed by atoms with E-state index < -0.39 is 0 Å². The van der Waals surface area contributed by atoms with Crippen molar-refractivity contribution < 1.29 is 4.74 Å². The Kier molecular flexibility index (Phi) is 7.37. The summed E-state index contributed by atoms with van der Waals surface area (Å²) in [7, 11) is 1.66. The molecule has 6 heteroatoms. The number of rotatable bonds is 10. The van der Waals surface area contributed by atoms with Gasteiger partial charge in [-0.2, -0.15) is 0 Å². The van der Waals surface area contributed by atoms with Crippen LogP contribution >= 0.6 is 11.3 Å². The molecule has 2 aromatic carbocycles. The highest BCUT2D eigenvalue weighted by atomic mass is 32.1. The van der Waals surface area contributed by atoms with E-state index in [-0.39, 0.29) is 0 Å². The molecule has 5 nitrogen and oxygen atoms in total. The lowest BCUT2D eigenvalue weighted by Gasteiger charge is -2.24. The van der Waals surface area contributed by atoms with Crippen LogP contribution in [0.3, 0.4) is 0 Å². The molecule has 0 bridgehead atoms. The summed E-state index contributed by atoms with van der Waals surface area (Å²) < 4.78 is 6.31. The number of azo groups is 1. The molecule has 0 aliphatic carbocycles. The Morgan fingerprint density at radius 2 is 1.68 bits per heavy atom. The van der Waals surface area contributed by atoms with Crippen molar-refractivity contribution in [3.05, 3.63) is 42.5 Å². The molecule has 0 fully saturated rings. The van der Waals surface area contributed by atoms with E-state index in [1.165, 1.54) is 42.7 Å². The summed E-state index contributed by atoms with van der Waals surface area (Å²) in [6.45, 7) is 6.68. The molecule has 0 aliphatic heterocycles. The topological polar surface area (TPSA) is 50.1 Å². The van der Waals surface area contributed by atoms with Gasteiger partial charge in [-0.3, -0.25) is 0 Å². The minimum absolute atomic E-state index is 0.653. The molecule has 0 aliphatic rings. The number of anilines is 1. The number of hydrogen-bond acceptors (Lipinski definition) is 6. The first-order valence-electron chi connectivity index (χ1n) is 9.94. The van der Waals surface area contributed by atoms with Gasteiger partial charge in [0.05, 0.1) is 23.0 Å². The molecule has 0 atom stereocenters. The Labute approximate surface area is 171 Å². The van der Waals surface area contributed by atoms with Gasteiger partial charge in [0.1, 0.15) is 5.75 Å². The fraction of sp³-hybridized carbons (Fsp3) is 0.409. The Balaban J connectivity index is 1.70. The molecule has 1 heterocycles. The summed E-state index contributed by atoms with van der Waals surface area (Å²) in [5.74, 6) is 0.825. The van der Waals surface area contributed by atoms with Crippen molar-refractivity contribution in [3.8, 4) is 5.75 Å². The lowest BCUT2D eigenvalue weighted by atomic mass is 10.2. The van der Waals surface area contributed by atoms with E-state index in [0.717, 1.165) is 34.7 Å². The van der Waals surface area contributed by atoms with Crippen LogP contribution < -0.4 is 9.64 Å². The second-order valence-electron chi connectivity index (χ2n) is 6.74. The zero-order valence-electron chi connectivity index (χ0n) is 16.9. The highest BCUT2D eigenvalue weighted by Gasteiger charge is 2.06. The fourth-order valence-electron chi connectivity index (χ4n) is 2.96. The van der Waals surface area contributed by atoms with Crippen LogP contribution in [0, 0.1) is 0 Å². The number of unbranched alkanes of at least 4 members (excludes halogenated alkanes) is 2. The second kappa shape index (κ2) is 10.2. The predicted octanol–water partition coefficient (Wildman–Crippen LogP) is 7.13. The molecular weight excluding hydrogens is 368 g/mol. The summed E-state index contributed by atoms with van der Waals surface area (Å²) in [6, 6.07) is 14.2. The minimum Gasteiger partial charge on any atom is -0.497 e. The third-order valence-corrected chi connectivity index (χ3v) is 5.52. The predicted molar refractivity (Wildman–Crippen MR) is 119 cm³/mol. The normalized spacial score (nSPS) is 11.4. The Bertz CT molecular complexity index is 897. The summed E-state index contributed by atoms with van der Waals surface area (Å²) in [5, 5.41) is 9.34. The van der Waals surface area contributed by atoms with Crippen molar-refractivity contribution >= 4 is 38.1 Å². The molecule has 0 radical (unpaired) electrons. The molecule has 0 amide bonds. The average Bonchev–Trinajstić information content (AvgIpc) is 3.15. The number of fused-ring (bicyclic) bond motifs is 1. The maximum Gasteiger partial charge on any atom is 0.231 e. The molecule has 0 N–H and O–H groups in total. The van der Waals surface area contributed by atoms with Gasteiger partial charge in [-0.05, 0) is 55.3 Å². The number of methoxy groups -OCH3 is 1. The van der Waals surface area contributed by atoms with Crippen molar-refractivity contribution in [2.75, 3.05) is 25.1 Å². The molecule has 148 valence electrons. The van der Waals surface area contributed by atoms with Crippen LogP contribution in [0.2, 0.25) is 0 Å². The molecule has 28 heavy (non-hydrogen) atoms. The molecular formula is C22H28N4OS. The fourth-order valence-corrected chi connectivity index (χ4v) is 3.78. The number of aromatic nitrogens is 1. The van der Waals surface area contributed by atoms with Crippen molar-refractivity contribution in [2.24, 2.45) is 10.2 Å². The van der Waals surface area contributed by atoms with Crippen molar-refractivity contribution in [2.45, 2.75) is 39.5 Å². The number of hydrogen-bond donors (Lipinski definition) is 0. The van der Waals surface area contributed by atoms with E-state index in [0.29, 0.717) is 5.13 Å². The van der Waals surface area contributed by atoms with Gasteiger partial charge in [0.15, 0.2) is 0 Å². The molecule has 3 rings (SSSR count). The molecule has 0 spiro atoms. The van der Waals surface area contributed by atoms with Crippen LogP contribution in [0.4, 0.5) is 16.5 Å². The molecule has 3 aromatic rings.